The van der Waals surface area contributed by atoms with Gasteiger partial charge in [-0.05, 0) is 53.8 Å². The maximum absolute atomic E-state index is 6.12. The Hall–Kier alpha value is -0.0551. The molecule has 0 aromatic heterocycles. The molecule has 1 saturated heterocycles. The molecule has 0 N–H and O–H groups in total. The average Bonchev–Trinajstić information content (AvgIpc) is 2.12. The van der Waals surface area contributed by atoms with Gasteiger partial charge < -0.3 is 14.2 Å². The maximum atomic E-state index is 6.12. The van der Waals surface area contributed by atoms with Crippen LogP contribution in [0.3, 0.4) is 0 Å². The average molecular weight is 256 g/mol. The predicted molar refractivity (Wildman–Crippen MR) is 77.0 cm³/mol. The van der Waals surface area contributed by atoms with E-state index in [0.717, 1.165) is 13.0 Å². The van der Waals surface area contributed by atoms with Gasteiger partial charge in [-0.3, -0.25) is 0 Å². The number of ether oxygens (including phenoxy) is 3. The molecule has 1 rings (SSSR count). The van der Waals surface area contributed by atoms with E-state index in [4.69, 9.17) is 14.2 Å². The third-order valence-corrected chi connectivity index (χ3v) is 2.83. The lowest BCUT2D eigenvalue weighted by Gasteiger charge is -2.39. The van der Waals surface area contributed by atoms with Gasteiger partial charge in [0.1, 0.15) is 14.0 Å². The van der Waals surface area contributed by atoms with Crippen LogP contribution in [0, 0.1) is 0 Å². The van der Waals surface area contributed by atoms with E-state index in [1.165, 1.54) is 0 Å². The van der Waals surface area contributed by atoms with Crippen LogP contribution in [-0.2, 0) is 14.2 Å². The van der Waals surface area contributed by atoms with Gasteiger partial charge in [0.2, 0.25) is 0 Å². The van der Waals surface area contributed by atoms with Gasteiger partial charge in [-0.2, -0.15) is 0 Å². The van der Waals surface area contributed by atoms with Gasteiger partial charge in [-0.25, -0.2) is 0 Å². The first kappa shape index (κ1) is 16.0. The van der Waals surface area contributed by atoms with E-state index in [1.807, 2.05) is 0 Å². The second-order valence-corrected chi connectivity index (χ2v) is 7.40. The van der Waals surface area contributed by atoms with Gasteiger partial charge in [0.15, 0.2) is 0 Å². The zero-order valence-electron chi connectivity index (χ0n) is 13.1. The largest absolute Gasteiger partial charge is 0.374 e. The molecule has 4 heteroatoms. The molecule has 3 atom stereocenters. The van der Waals surface area contributed by atoms with Crippen LogP contribution >= 0.6 is 0 Å². The summed E-state index contributed by atoms with van der Waals surface area (Å²) in [6, 6.07) is 0. The summed E-state index contributed by atoms with van der Waals surface area (Å²) >= 11 is 0. The minimum atomic E-state index is -0.134. The Kier molecular flexibility index (Phi) is 5.27. The van der Waals surface area contributed by atoms with Crippen molar-refractivity contribution in [3.8, 4) is 0 Å². The normalized spacial score (nSPS) is 30.4. The van der Waals surface area contributed by atoms with E-state index in [9.17, 15) is 0 Å². The Bertz CT molecular complexity index is 255. The Morgan fingerprint density at radius 3 is 2.22 bits per heavy atom. The molecule has 0 aromatic rings. The monoisotopic (exact) mass is 256 g/mol. The van der Waals surface area contributed by atoms with Crippen molar-refractivity contribution in [3.05, 3.63) is 0 Å². The van der Waals surface area contributed by atoms with Crippen LogP contribution in [-0.4, -0.2) is 44.5 Å². The van der Waals surface area contributed by atoms with E-state index in [-0.39, 0.29) is 23.4 Å². The quantitative estimate of drug-likeness (QED) is 0.724. The fourth-order valence-electron chi connectivity index (χ4n) is 2.08. The van der Waals surface area contributed by atoms with Crippen molar-refractivity contribution in [2.75, 3.05) is 13.2 Å². The van der Waals surface area contributed by atoms with Crippen molar-refractivity contribution in [2.24, 2.45) is 0 Å². The van der Waals surface area contributed by atoms with Crippen molar-refractivity contribution in [1.29, 1.82) is 0 Å². The molecule has 0 radical (unpaired) electrons. The van der Waals surface area contributed by atoms with E-state index in [0.29, 0.717) is 12.4 Å². The van der Waals surface area contributed by atoms with Crippen LogP contribution in [0.4, 0.5) is 0 Å². The van der Waals surface area contributed by atoms with Gasteiger partial charge >= 0.3 is 0 Å². The first-order valence-corrected chi connectivity index (χ1v) is 7.00. The minimum absolute atomic E-state index is 0.0552. The predicted octanol–water partition coefficient (Wildman–Crippen LogP) is 2.20. The van der Waals surface area contributed by atoms with Gasteiger partial charge in [0, 0.05) is 6.61 Å². The molecule has 1 aliphatic rings. The van der Waals surface area contributed by atoms with Crippen molar-refractivity contribution in [1.82, 2.24) is 0 Å². The topological polar surface area (TPSA) is 27.7 Å². The molecule has 106 valence electrons. The Labute approximate surface area is 113 Å². The fourth-order valence-corrected chi connectivity index (χ4v) is 2.08. The number of hydrogen-bond acceptors (Lipinski definition) is 3. The highest BCUT2D eigenvalue weighted by molar-refractivity contribution is 6.11. The smallest absolute Gasteiger partial charge is 0.108 e. The lowest BCUT2D eigenvalue weighted by Crippen LogP contribution is -2.46. The van der Waals surface area contributed by atoms with E-state index in [2.05, 4.69) is 49.4 Å². The van der Waals surface area contributed by atoms with Crippen LogP contribution in [0.1, 0.15) is 48.0 Å². The molecule has 0 aliphatic carbocycles. The first-order chi connectivity index (χ1) is 8.07. The van der Waals surface area contributed by atoms with Crippen molar-refractivity contribution < 1.29 is 14.2 Å². The summed E-state index contributed by atoms with van der Waals surface area (Å²) in [6.07, 6.45) is 1.24. The van der Waals surface area contributed by atoms with Crippen molar-refractivity contribution >= 4 is 7.85 Å². The van der Waals surface area contributed by atoms with E-state index >= 15 is 0 Å². The molecule has 0 saturated carbocycles. The van der Waals surface area contributed by atoms with Crippen molar-refractivity contribution in [3.63, 3.8) is 0 Å². The highest BCUT2D eigenvalue weighted by Crippen LogP contribution is 2.28. The lowest BCUT2D eigenvalue weighted by atomic mass is 9.80. The second kappa shape index (κ2) is 5.93. The van der Waals surface area contributed by atoms with Crippen LogP contribution in [0.15, 0.2) is 0 Å². The van der Waals surface area contributed by atoms with Gasteiger partial charge in [0.25, 0.3) is 0 Å². The summed E-state index contributed by atoms with van der Waals surface area (Å²) in [6.45, 7) is 13.9. The standard InChI is InChI=1S/C14H29BO3/c1-13(2,3)17-9-12-11(18-14(4,5)6)7-10(15)8-16-12/h10-12H,7-9,15H2,1-6H3/t10-,11?,12+/m0/s1. The Morgan fingerprint density at radius 2 is 1.72 bits per heavy atom. The molecular formula is C14H29BO3. The fraction of sp³-hybridized carbons (Fsp3) is 1.00. The molecule has 1 aliphatic heterocycles. The summed E-state index contributed by atoms with van der Waals surface area (Å²) < 4.78 is 17.9. The molecule has 1 fully saturated rings. The maximum Gasteiger partial charge on any atom is 0.108 e. The lowest BCUT2D eigenvalue weighted by molar-refractivity contribution is -0.179. The minimum Gasteiger partial charge on any atom is -0.374 e. The Balaban J connectivity index is 2.56. The first-order valence-electron chi connectivity index (χ1n) is 7.00. The number of hydrogen-bond donors (Lipinski definition) is 0. The zero-order chi connectivity index (χ0) is 14.0. The highest BCUT2D eigenvalue weighted by Gasteiger charge is 2.34. The summed E-state index contributed by atoms with van der Waals surface area (Å²) in [5.41, 5.74) is -0.260. The van der Waals surface area contributed by atoms with Crippen LogP contribution in [0.2, 0.25) is 5.82 Å². The highest BCUT2D eigenvalue weighted by atomic mass is 16.6. The SMILES string of the molecule is B[C@@H]1CO[C@H](COC(C)(C)C)C(OC(C)(C)C)C1. The van der Waals surface area contributed by atoms with E-state index < -0.39 is 0 Å². The second-order valence-electron chi connectivity index (χ2n) is 7.40. The summed E-state index contributed by atoms with van der Waals surface area (Å²) in [5.74, 6) is 0.559. The molecule has 0 spiro atoms. The van der Waals surface area contributed by atoms with Gasteiger partial charge in [-0.1, -0.05) is 0 Å². The van der Waals surface area contributed by atoms with Crippen LogP contribution < -0.4 is 0 Å². The van der Waals surface area contributed by atoms with Gasteiger partial charge in [-0.15, -0.1) is 0 Å². The summed E-state index contributed by atoms with van der Waals surface area (Å²) in [7, 11) is 2.21. The number of rotatable bonds is 3. The van der Waals surface area contributed by atoms with Crippen LogP contribution in [0.25, 0.3) is 0 Å². The molecule has 0 amide bonds. The van der Waals surface area contributed by atoms with Crippen molar-refractivity contribution in [2.45, 2.75) is 77.2 Å². The summed E-state index contributed by atoms with van der Waals surface area (Å²) in [5, 5.41) is 0. The molecule has 1 unspecified atom stereocenters. The molecule has 18 heavy (non-hydrogen) atoms. The molecule has 0 aromatic carbocycles. The van der Waals surface area contributed by atoms with Crippen LogP contribution in [0.5, 0.6) is 0 Å². The molecule has 1 heterocycles. The third-order valence-electron chi connectivity index (χ3n) is 2.83. The zero-order valence-corrected chi connectivity index (χ0v) is 13.1. The van der Waals surface area contributed by atoms with Gasteiger partial charge in [0.05, 0.1) is 23.9 Å². The van der Waals surface area contributed by atoms with E-state index in [1.54, 1.807) is 0 Å². The molecular weight excluding hydrogens is 227 g/mol. The summed E-state index contributed by atoms with van der Waals surface area (Å²) in [4.78, 5) is 0. The third kappa shape index (κ3) is 6.21. The Morgan fingerprint density at radius 1 is 1.11 bits per heavy atom. The molecule has 0 bridgehead atoms. The molecule has 3 nitrogen and oxygen atoms in total.